The number of piperidine rings is 1. The quantitative estimate of drug-likeness (QED) is 0.457. The summed E-state index contributed by atoms with van der Waals surface area (Å²) in [7, 11) is 3.10. The summed E-state index contributed by atoms with van der Waals surface area (Å²) in [4.78, 5) is 19.4. The fraction of sp³-hybridized carbons (Fsp3) is 0.360. The predicted octanol–water partition coefficient (Wildman–Crippen LogP) is 5.07. The Morgan fingerprint density at radius 1 is 1.15 bits per heavy atom. The molecule has 0 N–H and O–H groups in total. The number of methoxy groups -OCH3 is 2. The first-order valence-corrected chi connectivity index (χ1v) is 11.3. The molecule has 4 rings (SSSR count). The summed E-state index contributed by atoms with van der Waals surface area (Å²) in [5, 5.41) is 0.683. The van der Waals surface area contributed by atoms with Gasteiger partial charge in [-0.1, -0.05) is 29.8 Å². The maximum absolute atomic E-state index is 13.1. The van der Waals surface area contributed by atoms with Gasteiger partial charge in [0.2, 0.25) is 11.6 Å². The number of para-hydroxylation sites is 1. The second kappa shape index (κ2) is 10.6. The summed E-state index contributed by atoms with van der Waals surface area (Å²) in [6.45, 7) is 0.491. The van der Waals surface area contributed by atoms with Crippen molar-refractivity contribution in [3.8, 4) is 17.2 Å². The van der Waals surface area contributed by atoms with Crippen molar-refractivity contribution in [1.29, 1.82) is 0 Å². The van der Waals surface area contributed by atoms with Gasteiger partial charge >= 0.3 is 0 Å². The van der Waals surface area contributed by atoms with E-state index in [1.807, 2.05) is 24.3 Å². The van der Waals surface area contributed by atoms with Gasteiger partial charge in [0.25, 0.3) is 5.91 Å². The Hall–Kier alpha value is -3.19. The van der Waals surface area contributed by atoms with Crippen molar-refractivity contribution in [3.05, 3.63) is 70.9 Å². The van der Waals surface area contributed by atoms with Crippen LogP contribution in [0.3, 0.4) is 0 Å². The number of carbonyl (C=O) groups is 1. The van der Waals surface area contributed by atoms with Crippen LogP contribution in [0, 0.1) is 0 Å². The molecule has 1 atom stereocenters. The van der Waals surface area contributed by atoms with E-state index in [4.69, 9.17) is 30.2 Å². The van der Waals surface area contributed by atoms with Gasteiger partial charge < -0.3 is 23.5 Å². The van der Waals surface area contributed by atoms with Gasteiger partial charge in [-0.3, -0.25) is 4.79 Å². The second-order valence-electron chi connectivity index (χ2n) is 7.85. The van der Waals surface area contributed by atoms with Crippen molar-refractivity contribution in [3.63, 3.8) is 0 Å². The maximum Gasteiger partial charge on any atom is 0.261 e. The zero-order valence-corrected chi connectivity index (χ0v) is 19.5. The molecule has 1 saturated heterocycles. The molecule has 1 aliphatic heterocycles. The van der Waals surface area contributed by atoms with Crippen LogP contribution in [0.4, 0.5) is 0 Å². The molecule has 1 aliphatic rings. The number of rotatable bonds is 8. The molecule has 0 aliphatic carbocycles. The summed E-state index contributed by atoms with van der Waals surface area (Å²) in [6.07, 6.45) is 5.04. The van der Waals surface area contributed by atoms with Crippen molar-refractivity contribution in [1.82, 2.24) is 9.88 Å². The SMILES string of the molecule is COc1cccc(OC)c1OCC(=O)N1CCCC[C@@H]1c1ncc(Cc2cccc(Cl)c2)o1. The van der Waals surface area contributed by atoms with E-state index in [0.717, 1.165) is 30.6 Å². The summed E-state index contributed by atoms with van der Waals surface area (Å²) < 4.78 is 22.6. The topological polar surface area (TPSA) is 74.0 Å². The Balaban J connectivity index is 1.46. The van der Waals surface area contributed by atoms with Gasteiger partial charge in [-0.15, -0.1) is 0 Å². The highest BCUT2D eigenvalue weighted by molar-refractivity contribution is 6.30. The Morgan fingerprint density at radius 2 is 1.91 bits per heavy atom. The van der Waals surface area contributed by atoms with Gasteiger partial charge in [-0.25, -0.2) is 4.98 Å². The molecule has 33 heavy (non-hydrogen) atoms. The third kappa shape index (κ3) is 5.42. The second-order valence-corrected chi connectivity index (χ2v) is 8.29. The standard InChI is InChI=1S/C25H27ClN2O5/c1-30-21-10-6-11-22(31-2)24(21)32-16-23(29)28-12-4-3-9-20(28)25-27-15-19(33-25)14-17-7-5-8-18(26)13-17/h5-8,10-11,13,15,20H,3-4,9,12,14,16H2,1-2H3/t20-/m1/s1. The van der Waals surface area contributed by atoms with Crippen LogP contribution >= 0.6 is 11.6 Å². The average Bonchev–Trinajstić information content (AvgIpc) is 3.30. The molecule has 0 spiro atoms. The number of amides is 1. The number of nitrogens with zero attached hydrogens (tertiary/aromatic N) is 2. The number of benzene rings is 2. The van der Waals surface area contributed by atoms with Gasteiger partial charge in [-0.05, 0) is 49.1 Å². The number of ether oxygens (including phenoxy) is 3. The smallest absolute Gasteiger partial charge is 0.261 e. The van der Waals surface area contributed by atoms with Crippen molar-refractivity contribution in [2.75, 3.05) is 27.4 Å². The maximum atomic E-state index is 13.1. The summed E-state index contributed by atoms with van der Waals surface area (Å²) in [6, 6.07) is 12.8. The zero-order chi connectivity index (χ0) is 23.2. The average molecular weight is 471 g/mol. The Labute approximate surface area is 198 Å². The van der Waals surface area contributed by atoms with E-state index in [1.54, 1.807) is 43.5 Å². The number of aromatic nitrogens is 1. The van der Waals surface area contributed by atoms with Crippen LogP contribution in [0.15, 0.2) is 53.1 Å². The molecular formula is C25H27ClN2O5. The number of oxazole rings is 1. The molecule has 1 fully saturated rings. The zero-order valence-electron chi connectivity index (χ0n) is 18.8. The number of hydrogen-bond donors (Lipinski definition) is 0. The molecule has 8 heteroatoms. The van der Waals surface area contributed by atoms with Crippen LogP contribution in [0.2, 0.25) is 5.02 Å². The van der Waals surface area contributed by atoms with Gasteiger partial charge in [0.1, 0.15) is 11.8 Å². The lowest BCUT2D eigenvalue weighted by Gasteiger charge is -2.33. The molecule has 1 amide bonds. The van der Waals surface area contributed by atoms with Crippen LogP contribution in [-0.2, 0) is 11.2 Å². The number of carbonyl (C=O) groups excluding carboxylic acids is 1. The largest absolute Gasteiger partial charge is 0.493 e. The molecule has 7 nitrogen and oxygen atoms in total. The van der Waals surface area contributed by atoms with E-state index in [9.17, 15) is 4.79 Å². The van der Waals surface area contributed by atoms with Crippen molar-refractivity contribution >= 4 is 17.5 Å². The first-order chi connectivity index (χ1) is 16.1. The fourth-order valence-electron chi connectivity index (χ4n) is 4.07. The normalized spacial score (nSPS) is 15.8. The van der Waals surface area contributed by atoms with Gasteiger partial charge in [0.05, 0.1) is 20.4 Å². The van der Waals surface area contributed by atoms with E-state index in [2.05, 4.69) is 4.98 Å². The van der Waals surface area contributed by atoms with Crippen LogP contribution in [0.1, 0.15) is 42.5 Å². The van der Waals surface area contributed by atoms with Crippen molar-refractivity contribution in [2.45, 2.75) is 31.7 Å². The Kier molecular flexibility index (Phi) is 7.40. The minimum atomic E-state index is -0.220. The van der Waals surface area contributed by atoms with Crippen LogP contribution in [0.25, 0.3) is 0 Å². The molecule has 3 aromatic rings. The van der Waals surface area contributed by atoms with E-state index < -0.39 is 0 Å². The van der Waals surface area contributed by atoms with Crippen LogP contribution in [0.5, 0.6) is 17.2 Å². The summed E-state index contributed by atoms with van der Waals surface area (Å²) >= 11 is 6.09. The van der Waals surface area contributed by atoms with Crippen LogP contribution < -0.4 is 14.2 Å². The van der Waals surface area contributed by atoms with Gasteiger partial charge in [0.15, 0.2) is 18.1 Å². The molecule has 0 unspecified atom stereocenters. The molecule has 2 heterocycles. The van der Waals surface area contributed by atoms with E-state index in [0.29, 0.717) is 41.1 Å². The Bertz CT molecular complexity index is 1080. The van der Waals surface area contributed by atoms with Gasteiger partial charge in [-0.2, -0.15) is 0 Å². The van der Waals surface area contributed by atoms with Crippen molar-refractivity contribution in [2.24, 2.45) is 0 Å². The number of likely N-dealkylation sites (tertiary alicyclic amines) is 1. The molecule has 1 aromatic heterocycles. The first kappa shape index (κ1) is 23.0. The minimum absolute atomic E-state index is 0.136. The highest BCUT2D eigenvalue weighted by atomic mass is 35.5. The lowest BCUT2D eigenvalue weighted by Crippen LogP contribution is -2.41. The highest BCUT2D eigenvalue weighted by Crippen LogP contribution is 2.37. The summed E-state index contributed by atoms with van der Waals surface area (Å²) in [5.74, 6) is 2.58. The van der Waals surface area contributed by atoms with E-state index >= 15 is 0 Å². The third-order valence-corrected chi connectivity index (χ3v) is 5.90. The van der Waals surface area contributed by atoms with E-state index in [-0.39, 0.29) is 18.6 Å². The third-order valence-electron chi connectivity index (χ3n) is 5.67. The van der Waals surface area contributed by atoms with E-state index in [1.165, 1.54) is 0 Å². The van der Waals surface area contributed by atoms with Gasteiger partial charge in [0, 0.05) is 18.0 Å². The molecule has 0 radical (unpaired) electrons. The highest BCUT2D eigenvalue weighted by Gasteiger charge is 2.32. The minimum Gasteiger partial charge on any atom is -0.493 e. The summed E-state index contributed by atoms with van der Waals surface area (Å²) in [5.41, 5.74) is 1.04. The molecule has 0 bridgehead atoms. The van der Waals surface area contributed by atoms with Crippen LogP contribution in [-0.4, -0.2) is 43.2 Å². The molecular weight excluding hydrogens is 444 g/mol. The lowest BCUT2D eigenvalue weighted by molar-refractivity contribution is -0.137. The molecule has 174 valence electrons. The number of halogens is 1. The fourth-order valence-corrected chi connectivity index (χ4v) is 4.28. The lowest BCUT2D eigenvalue weighted by atomic mass is 10.0. The molecule has 0 saturated carbocycles. The number of hydrogen-bond acceptors (Lipinski definition) is 6. The Morgan fingerprint density at radius 3 is 2.64 bits per heavy atom. The molecule has 2 aromatic carbocycles. The van der Waals surface area contributed by atoms with Crippen molar-refractivity contribution < 1.29 is 23.4 Å². The predicted molar refractivity (Wildman–Crippen MR) is 124 cm³/mol. The monoisotopic (exact) mass is 470 g/mol. The first-order valence-electron chi connectivity index (χ1n) is 10.9.